The van der Waals surface area contributed by atoms with Crippen LogP contribution in [0.4, 0.5) is 0 Å². The lowest BCUT2D eigenvalue weighted by Gasteiger charge is -2.01. The minimum atomic E-state index is -0.0330. The molecule has 0 fully saturated rings. The van der Waals surface area contributed by atoms with Crippen molar-refractivity contribution in [2.45, 2.75) is 6.04 Å². The molecule has 0 unspecified atom stereocenters. The predicted molar refractivity (Wildman–Crippen MR) is 49.1 cm³/mol. The first kappa shape index (κ1) is 7.98. The molecule has 0 aromatic carbocycles. The van der Waals surface area contributed by atoms with Crippen LogP contribution in [0, 0.1) is 0 Å². The van der Waals surface area contributed by atoms with Crippen LogP contribution >= 0.6 is 27.3 Å². The molecule has 2 N–H and O–H groups in total. The maximum absolute atomic E-state index is 5.70. The third kappa shape index (κ3) is 1.48. The maximum atomic E-state index is 5.70. The zero-order valence-electron chi connectivity index (χ0n) is 5.38. The molecule has 1 heterocycles. The molecule has 1 atom stereocenters. The van der Waals surface area contributed by atoms with Gasteiger partial charge in [-0.3, -0.25) is 0 Å². The Hall–Kier alpha value is -0.120. The molecule has 0 amide bonds. The fraction of sp³-hybridized carbons (Fsp3) is 0.143. The van der Waals surface area contributed by atoms with E-state index in [2.05, 4.69) is 22.5 Å². The summed E-state index contributed by atoms with van der Waals surface area (Å²) in [4.78, 5) is 1.13. The van der Waals surface area contributed by atoms with Crippen LogP contribution in [-0.2, 0) is 0 Å². The van der Waals surface area contributed by atoms with Crippen LogP contribution in [0.5, 0.6) is 0 Å². The van der Waals surface area contributed by atoms with Gasteiger partial charge in [0.25, 0.3) is 0 Å². The zero-order chi connectivity index (χ0) is 7.56. The van der Waals surface area contributed by atoms with Crippen molar-refractivity contribution in [3.63, 3.8) is 0 Å². The summed E-state index contributed by atoms with van der Waals surface area (Å²) in [6.45, 7) is 3.62. The highest BCUT2D eigenvalue weighted by Crippen LogP contribution is 2.27. The van der Waals surface area contributed by atoms with E-state index in [1.54, 1.807) is 17.4 Å². The van der Waals surface area contributed by atoms with Crippen LogP contribution in [-0.4, -0.2) is 0 Å². The smallest absolute Gasteiger partial charge is 0.0584 e. The molecule has 0 radical (unpaired) electrons. The van der Waals surface area contributed by atoms with E-state index in [4.69, 9.17) is 5.73 Å². The van der Waals surface area contributed by atoms with Gasteiger partial charge in [0.2, 0.25) is 0 Å². The molecule has 0 aliphatic carbocycles. The Labute approximate surface area is 72.7 Å². The van der Waals surface area contributed by atoms with Gasteiger partial charge in [0.05, 0.1) is 6.04 Å². The number of rotatable bonds is 2. The standard InChI is InChI=1S/C7H8BrNS/c1-2-6(9)7-5(8)3-4-10-7/h2-4,6H,1,9H2/t6-/m1/s1. The summed E-state index contributed by atoms with van der Waals surface area (Å²) in [6, 6.07) is 1.96. The molecule has 0 saturated heterocycles. The van der Waals surface area contributed by atoms with Crippen LogP contribution < -0.4 is 5.73 Å². The van der Waals surface area contributed by atoms with E-state index in [9.17, 15) is 0 Å². The average molecular weight is 218 g/mol. The highest BCUT2D eigenvalue weighted by Gasteiger charge is 2.05. The lowest BCUT2D eigenvalue weighted by Crippen LogP contribution is -2.04. The van der Waals surface area contributed by atoms with Crippen molar-refractivity contribution in [3.05, 3.63) is 33.5 Å². The van der Waals surface area contributed by atoms with E-state index in [0.717, 1.165) is 9.35 Å². The number of nitrogens with two attached hydrogens (primary N) is 1. The second-order valence-corrected chi connectivity index (χ2v) is 3.70. The second kappa shape index (κ2) is 3.32. The Morgan fingerprint density at radius 1 is 1.80 bits per heavy atom. The first-order valence-corrected chi connectivity index (χ1v) is 4.54. The molecule has 1 nitrogen and oxygen atoms in total. The normalized spacial score (nSPS) is 13.0. The molecule has 54 valence electrons. The van der Waals surface area contributed by atoms with E-state index in [-0.39, 0.29) is 6.04 Å². The van der Waals surface area contributed by atoms with Crippen molar-refractivity contribution in [1.82, 2.24) is 0 Å². The fourth-order valence-corrected chi connectivity index (χ4v) is 2.29. The number of hydrogen-bond donors (Lipinski definition) is 1. The molecule has 1 rings (SSSR count). The van der Waals surface area contributed by atoms with Gasteiger partial charge in [0.1, 0.15) is 0 Å². The van der Waals surface area contributed by atoms with Gasteiger partial charge in [-0.1, -0.05) is 6.08 Å². The zero-order valence-corrected chi connectivity index (χ0v) is 7.78. The third-order valence-corrected chi connectivity index (χ3v) is 3.17. The van der Waals surface area contributed by atoms with Gasteiger partial charge in [0, 0.05) is 9.35 Å². The molecule has 1 aromatic heterocycles. The van der Waals surface area contributed by atoms with E-state index >= 15 is 0 Å². The molecular formula is C7H8BrNS. The van der Waals surface area contributed by atoms with Gasteiger partial charge in [-0.05, 0) is 27.4 Å². The average Bonchev–Trinajstić information content (AvgIpc) is 2.34. The van der Waals surface area contributed by atoms with Gasteiger partial charge in [-0.2, -0.15) is 0 Å². The highest BCUT2D eigenvalue weighted by atomic mass is 79.9. The van der Waals surface area contributed by atoms with Crippen molar-refractivity contribution in [3.8, 4) is 0 Å². The molecule has 0 aliphatic heterocycles. The first-order valence-electron chi connectivity index (χ1n) is 2.86. The molecule has 0 bridgehead atoms. The Bertz CT molecular complexity index is 231. The lowest BCUT2D eigenvalue weighted by molar-refractivity contribution is 0.934. The minimum absolute atomic E-state index is 0.0330. The topological polar surface area (TPSA) is 26.0 Å². The summed E-state index contributed by atoms with van der Waals surface area (Å²) in [6.07, 6.45) is 1.73. The molecule has 3 heteroatoms. The summed E-state index contributed by atoms with van der Waals surface area (Å²) >= 11 is 5.03. The molecule has 1 aromatic rings. The Kier molecular flexibility index (Phi) is 2.65. The summed E-state index contributed by atoms with van der Waals surface area (Å²) in [5.41, 5.74) is 5.70. The SMILES string of the molecule is C=C[C@@H](N)c1sccc1Br. The molecule has 0 spiro atoms. The lowest BCUT2D eigenvalue weighted by atomic mass is 10.2. The summed E-state index contributed by atoms with van der Waals surface area (Å²) in [7, 11) is 0. The van der Waals surface area contributed by atoms with Crippen LogP contribution in [0.3, 0.4) is 0 Å². The second-order valence-electron chi connectivity index (χ2n) is 1.89. The van der Waals surface area contributed by atoms with E-state index in [0.29, 0.717) is 0 Å². The van der Waals surface area contributed by atoms with E-state index in [1.807, 2.05) is 11.4 Å². The number of thiophene rings is 1. The molecular weight excluding hydrogens is 210 g/mol. The fourth-order valence-electron chi connectivity index (χ4n) is 0.650. The van der Waals surface area contributed by atoms with E-state index < -0.39 is 0 Å². The van der Waals surface area contributed by atoms with Gasteiger partial charge in [-0.15, -0.1) is 17.9 Å². The van der Waals surface area contributed by atoms with Crippen molar-refractivity contribution in [2.75, 3.05) is 0 Å². The van der Waals surface area contributed by atoms with Crippen LogP contribution in [0.25, 0.3) is 0 Å². The summed E-state index contributed by atoms with van der Waals surface area (Å²) in [5, 5.41) is 2.00. The third-order valence-electron chi connectivity index (χ3n) is 1.20. The van der Waals surface area contributed by atoms with Gasteiger partial charge in [0.15, 0.2) is 0 Å². The quantitative estimate of drug-likeness (QED) is 0.759. The Morgan fingerprint density at radius 3 is 2.90 bits per heavy atom. The van der Waals surface area contributed by atoms with Gasteiger partial charge in [-0.25, -0.2) is 0 Å². The number of hydrogen-bond acceptors (Lipinski definition) is 2. The van der Waals surface area contributed by atoms with Crippen LogP contribution in [0.15, 0.2) is 28.6 Å². The summed E-state index contributed by atoms with van der Waals surface area (Å²) in [5.74, 6) is 0. The van der Waals surface area contributed by atoms with Crippen LogP contribution in [0.1, 0.15) is 10.9 Å². The van der Waals surface area contributed by atoms with E-state index in [1.165, 1.54) is 0 Å². The Morgan fingerprint density at radius 2 is 2.50 bits per heavy atom. The summed E-state index contributed by atoms with van der Waals surface area (Å²) < 4.78 is 1.07. The van der Waals surface area contributed by atoms with Crippen molar-refractivity contribution in [2.24, 2.45) is 5.73 Å². The van der Waals surface area contributed by atoms with Gasteiger partial charge < -0.3 is 5.73 Å². The molecule has 0 saturated carbocycles. The van der Waals surface area contributed by atoms with Gasteiger partial charge >= 0.3 is 0 Å². The largest absolute Gasteiger partial charge is 0.320 e. The minimum Gasteiger partial charge on any atom is -0.320 e. The van der Waals surface area contributed by atoms with Crippen LogP contribution in [0.2, 0.25) is 0 Å². The predicted octanol–water partition coefficient (Wildman–Crippen LogP) is 2.70. The van der Waals surface area contributed by atoms with Crippen molar-refractivity contribution >= 4 is 27.3 Å². The monoisotopic (exact) mass is 217 g/mol. The number of halogens is 1. The van der Waals surface area contributed by atoms with Crippen molar-refractivity contribution in [1.29, 1.82) is 0 Å². The maximum Gasteiger partial charge on any atom is 0.0584 e. The first-order chi connectivity index (χ1) is 4.75. The Balaban J connectivity index is 2.92. The highest BCUT2D eigenvalue weighted by molar-refractivity contribution is 9.10. The molecule has 0 aliphatic rings. The van der Waals surface area contributed by atoms with Crippen molar-refractivity contribution < 1.29 is 0 Å². The molecule has 10 heavy (non-hydrogen) atoms.